The first-order valence-electron chi connectivity index (χ1n) is 4.22. The summed E-state index contributed by atoms with van der Waals surface area (Å²) in [7, 11) is 0. The van der Waals surface area contributed by atoms with Gasteiger partial charge in [0.25, 0.3) is 0 Å². The van der Waals surface area contributed by atoms with E-state index in [4.69, 9.17) is 4.74 Å². The Bertz CT molecular complexity index is 361. The van der Waals surface area contributed by atoms with Gasteiger partial charge in [-0.25, -0.2) is 0 Å². The van der Waals surface area contributed by atoms with Gasteiger partial charge in [0.15, 0.2) is 5.78 Å². The third-order valence-electron chi connectivity index (χ3n) is 1.73. The number of carbonyl (C=O) groups excluding carboxylic acids is 1. The monoisotopic (exact) mass is 258 g/mol. The second-order valence-electron chi connectivity index (χ2n) is 2.79. The fraction of sp³-hybridized carbons (Fsp3) is 0.300. The summed E-state index contributed by atoms with van der Waals surface area (Å²) >= 11 is 3.15. The summed E-state index contributed by atoms with van der Waals surface area (Å²) in [5.74, 6) is 0.341. The maximum absolute atomic E-state index is 11.1. The molecular formula is C10H11BrO3. The molecule has 0 unspecified atom stereocenters. The van der Waals surface area contributed by atoms with E-state index in [1.807, 2.05) is 6.92 Å². The van der Waals surface area contributed by atoms with Crippen molar-refractivity contribution in [2.45, 2.75) is 13.8 Å². The standard InChI is InChI=1S/C10H11BrO3/c1-3-14-7-4-8(6(2)12)10(13)9(11)5-7/h4-5,13H,3H2,1-2H3. The number of carbonyl (C=O) groups is 1. The van der Waals surface area contributed by atoms with E-state index in [9.17, 15) is 9.90 Å². The number of aromatic hydroxyl groups is 1. The zero-order chi connectivity index (χ0) is 10.7. The fourth-order valence-electron chi connectivity index (χ4n) is 1.09. The average molecular weight is 259 g/mol. The Hall–Kier alpha value is -1.03. The van der Waals surface area contributed by atoms with Crippen molar-refractivity contribution in [2.75, 3.05) is 6.61 Å². The number of ether oxygens (including phenoxy) is 1. The van der Waals surface area contributed by atoms with E-state index >= 15 is 0 Å². The molecule has 0 heterocycles. The van der Waals surface area contributed by atoms with E-state index < -0.39 is 0 Å². The summed E-state index contributed by atoms with van der Waals surface area (Å²) in [6, 6.07) is 3.16. The van der Waals surface area contributed by atoms with Gasteiger partial charge in [-0.05, 0) is 41.9 Å². The molecule has 0 bridgehead atoms. The summed E-state index contributed by atoms with van der Waals surface area (Å²) in [4.78, 5) is 11.1. The third kappa shape index (κ3) is 2.26. The van der Waals surface area contributed by atoms with Crippen LogP contribution in [0.4, 0.5) is 0 Å². The minimum absolute atomic E-state index is 0.0408. The van der Waals surface area contributed by atoms with Crippen molar-refractivity contribution in [1.82, 2.24) is 0 Å². The number of rotatable bonds is 3. The average Bonchev–Trinajstić information content (AvgIpc) is 2.11. The molecule has 76 valence electrons. The SMILES string of the molecule is CCOc1cc(Br)c(O)c(C(C)=O)c1. The van der Waals surface area contributed by atoms with Crippen LogP contribution in [0.15, 0.2) is 16.6 Å². The van der Waals surface area contributed by atoms with Crippen LogP contribution in [0.3, 0.4) is 0 Å². The lowest BCUT2D eigenvalue weighted by atomic mass is 10.1. The molecule has 0 atom stereocenters. The largest absolute Gasteiger partial charge is 0.506 e. The highest BCUT2D eigenvalue weighted by Crippen LogP contribution is 2.32. The molecule has 1 aromatic rings. The van der Waals surface area contributed by atoms with E-state index in [-0.39, 0.29) is 17.1 Å². The van der Waals surface area contributed by atoms with Gasteiger partial charge < -0.3 is 9.84 Å². The van der Waals surface area contributed by atoms with Crippen LogP contribution >= 0.6 is 15.9 Å². The molecule has 4 heteroatoms. The van der Waals surface area contributed by atoms with Crippen molar-refractivity contribution in [2.24, 2.45) is 0 Å². The van der Waals surface area contributed by atoms with Crippen LogP contribution in [0, 0.1) is 0 Å². The zero-order valence-corrected chi connectivity index (χ0v) is 9.59. The van der Waals surface area contributed by atoms with E-state index in [2.05, 4.69) is 15.9 Å². The van der Waals surface area contributed by atoms with Crippen molar-refractivity contribution in [1.29, 1.82) is 0 Å². The van der Waals surface area contributed by atoms with Crippen LogP contribution in [0.25, 0.3) is 0 Å². The molecule has 0 saturated carbocycles. The Balaban J connectivity index is 3.21. The second-order valence-corrected chi connectivity index (χ2v) is 3.64. The number of halogens is 1. The summed E-state index contributed by atoms with van der Waals surface area (Å²) < 4.78 is 5.71. The molecule has 1 rings (SSSR count). The number of hydrogen-bond donors (Lipinski definition) is 1. The normalized spacial score (nSPS) is 9.93. The number of phenolic OH excluding ortho intramolecular Hbond substituents is 1. The van der Waals surface area contributed by atoms with Crippen molar-refractivity contribution < 1.29 is 14.6 Å². The molecule has 0 amide bonds. The molecule has 0 saturated heterocycles. The van der Waals surface area contributed by atoms with Crippen molar-refractivity contribution in [3.63, 3.8) is 0 Å². The van der Waals surface area contributed by atoms with Gasteiger partial charge in [0.05, 0.1) is 16.6 Å². The van der Waals surface area contributed by atoms with Crippen LogP contribution in [0.2, 0.25) is 0 Å². The molecule has 1 N–H and O–H groups in total. The minimum Gasteiger partial charge on any atom is -0.506 e. The Morgan fingerprint density at radius 3 is 2.71 bits per heavy atom. The highest BCUT2D eigenvalue weighted by molar-refractivity contribution is 9.10. The minimum atomic E-state index is -0.190. The lowest BCUT2D eigenvalue weighted by Crippen LogP contribution is -1.97. The number of hydrogen-bond acceptors (Lipinski definition) is 3. The maximum atomic E-state index is 11.1. The van der Waals surface area contributed by atoms with Gasteiger partial charge in [0.1, 0.15) is 11.5 Å². The summed E-state index contributed by atoms with van der Waals surface area (Å²) in [5, 5.41) is 9.54. The Morgan fingerprint density at radius 2 is 2.21 bits per heavy atom. The number of benzene rings is 1. The topological polar surface area (TPSA) is 46.5 Å². The van der Waals surface area contributed by atoms with Gasteiger partial charge >= 0.3 is 0 Å². The first-order valence-corrected chi connectivity index (χ1v) is 5.01. The van der Waals surface area contributed by atoms with E-state index in [1.165, 1.54) is 13.0 Å². The molecule has 0 spiro atoms. The quantitative estimate of drug-likeness (QED) is 0.849. The molecular weight excluding hydrogens is 248 g/mol. The first-order chi connectivity index (χ1) is 6.56. The van der Waals surface area contributed by atoms with Crippen molar-refractivity contribution in [3.05, 3.63) is 22.2 Å². The van der Waals surface area contributed by atoms with Gasteiger partial charge in [-0.3, -0.25) is 4.79 Å². The molecule has 0 aliphatic heterocycles. The van der Waals surface area contributed by atoms with Crippen LogP contribution in [0.1, 0.15) is 24.2 Å². The van der Waals surface area contributed by atoms with Crippen LogP contribution in [-0.2, 0) is 0 Å². The first kappa shape index (κ1) is 11.0. The molecule has 14 heavy (non-hydrogen) atoms. The molecule has 0 aliphatic carbocycles. The van der Waals surface area contributed by atoms with Gasteiger partial charge in [-0.2, -0.15) is 0 Å². The van der Waals surface area contributed by atoms with Crippen molar-refractivity contribution >= 4 is 21.7 Å². The van der Waals surface area contributed by atoms with Crippen LogP contribution < -0.4 is 4.74 Å². The highest BCUT2D eigenvalue weighted by atomic mass is 79.9. The smallest absolute Gasteiger partial charge is 0.163 e. The lowest BCUT2D eigenvalue weighted by molar-refractivity contribution is 0.101. The maximum Gasteiger partial charge on any atom is 0.163 e. The van der Waals surface area contributed by atoms with Gasteiger partial charge in [0.2, 0.25) is 0 Å². The fourth-order valence-corrected chi connectivity index (χ4v) is 1.53. The summed E-state index contributed by atoms with van der Waals surface area (Å²) in [6.45, 7) is 3.78. The van der Waals surface area contributed by atoms with Gasteiger partial charge in [0, 0.05) is 0 Å². The summed E-state index contributed by atoms with van der Waals surface area (Å²) in [6.07, 6.45) is 0. The Labute approximate surface area is 90.8 Å². The van der Waals surface area contributed by atoms with Crippen LogP contribution in [0.5, 0.6) is 11.5 Å². The number of Topliss-reactive ketones (excluding diaryl/α,β-unsaturated/α-hetero) is 1. The van der Waals surface area contributed by atoms with E-state index in [1.54, 1.807) is 6.07 Å². The number of ketones is 1. The highest BCUT2D eigenvalue weighted by Gasteiger charge is 2.12. The predicted octanol–water partition coefficient (Wildman–Crippen LogP) is 2.76. The third-order valence-corrected chi connectivity index (χ3v) is 2.33. The molecule has 0 aliphatic rings. The zero-order valence-electron chi connectivity index (χ0n) is 8.00. The lowest BCUT2D eigenvalue weighted by Gasteiger charge is -2.08. The molecule has 0 radical (unpaired) electrons. The van der Waals surface area contributed by atoms with Gasteiger partial charge in [-0.15, -0.1) is 0 Å². The molecule has 0 fully saturated rings. The van der Waals surface area contributed by atoms with E-state index in [0.29, 0.717) is 16.8 Å². The van der Waals surface area contributed by atoms with E-state index in [0.717, 1.165) is 0 Å². The second kappa shape index (κ2) is 4.46. The molecule has 1 aromatic carbocycles. The number of phenols is 1. The molecule has 3 nitrogen and oxygen atoms in total. The molecule has 0 aromatic heterocycles. The summed E-state index contributed by atoms with van der Waals surface area (Å²) in [5.41, 5.74) is 0.267. The Morgan fingerprint density at radius 1 is 1.57 bits per heavy atom. The Kier molecular flexibility index (Phi) is 3.52. The predicted molar refractivity (Wildman–Crippen MR) is 57.0 cm³/mol. The van der Waals surface area contributed by atoms with Crippen molar-refractivity contribution in [3.8, 4) is 11.5 Å². The van der Waals surface area contributed by atoms with Gasteiger partial charge in [-0.1, -0.05) is 0 Å². The van der Waals surface area contributed by atoms with Crippen LogP contribution in [-0.4, -0.2) is 17.5 Å².